The van der Waals surface area contributed by atoms with E-state index in [-0.39, 0.29) is 12.3 Å². The van der Waals surface area contributed by atoms with Gasteiger partial charge in [-0.2, -0.15) is 0 Å². The molecule has 1 saturated carbocycles. The summed E-state index contributed by atoms with van der Waals surface area (Å²) in [6, 6.07) is 8.26. The highest BCUT2D eigenvalue weighted by atomic mass is 16.7. The van der Waals surface area contributed by atoms with E-state index in [1.807, 2.05) is 6.07 Å². The summed E-state index contributed by atoms with van der Waals surface area (Å²) in [5.74, 6) is 6.33. The molecular weight excluding hydrogens is 228 g/mol. The molecule has 4 nitrogen and oxygen atoms in total. The number of ether oxygens (including phenoxy) is 2. The normalized spacial score (nSPS) is 17.8. The van der Waals surface area contributed by atoms with Gasteiger partial charge >= 0.3 is 0 Å². The first kappa shape index (κ1) is 13.5. The van der Waals surface area contributed by atoms with Crippen LogP contribution in [0.3, 0.4) is 0 Å². The highest BCUT2D eigenvalue weighted by Gasteiger charge is 2.28. The monoisotopic (exact) mass is 250 g/mol. The lowest BCUT2D eigenvalue weighted by Crippen LogP contribution is -2.39. The molecule has 1 fully saturated rings. The van der Waals surface area contributed by atoms with E-state index in [4.69, 9.17) is 15.3 Å². The van der Waals surface area contributed by atoms with Crippen LogP contribution < -0.4 is 11.3 Å². The molecule has 100 valence electrons. The van der Waals surface area contributed by atoms with Gasteiger partial charge in [0, 0.05) is 14.2 Å². The Morgan fingerprint density at radius 3 is 2.39 bits per heavy atom. The van der Waals surface area contributed by atoms with Crippen LogP contribution in [-0.2, 0) is 9.47 Å². The van der Waals surface area contributed by atoms with Gasteiger partial charge in [-0.25, -0.2) is 5.43 Å². The second-order valence-corrected chi connectivity index (χ2v) is 4.74. The first-order valence-electron chi connectivity index (χ1n) is 6.42. The summed E-state index contributed by atoms with van der Waals surface area (Å²) in [5, 5.41) is 0. The second-order valence-electron chi connectivity index (χ2n) is 4.74. The van der Waals surface area contributed by atoms with Gasteiger partial charge in [0.2, 0.25) is 0 Å². The van der Waals surface area contributed by atoms with Crippen LogP contribution in [0.1, 0.15) is 42.3 Å². The van der Waals surface area contributed by atoms with E-state index < -0.39 is 0 Å². The Morgan fingerprint density at radius 2 is 1.89 bits per heavy atom. The maximum absolute atomic E-state index is 5.68. The molecule has 18 heavy (non-hydrogen) atoms. The number of rotatable bonds is 6. The third kappa shape index (κ3) is 2.57. The van der Waals surface area contributed by atoms with E-state index in [1.54, 1.807) is 14.2 Å². The van der Waals surface area contributed by atoms with Crippen molar-refractivity contribution in [3.63, 3.8) is 0 Å². The molecule has 3 N–H and O–H groups in total. The lowest BCUT2D eigenvalue weighted by Gasteiger charge is -2.32. The van der Waals surface area contributed by atoms with Crippen LogP contribution in [0.5, 0.6) is 0 Å². The van der Waals surface area contributed by atoms with Crippen molar-refractivity contribution in [1.82, 2.24) is 5.43 Å². The molecule has 1 aromatic rings. The van der Waals surface area contributed by atoms with Crippen molar-refractivity contribution >= 4 is 0 Å². The third-order valence-electron chi connectivity index (χ3n) is 3.79. The minimum Gasteiger partial charge on any atom is -0.354 e. The van der Waals surface area contributed by atoms with Gasteiger partial charge in [0.05, 0.1) is 6.04 Å². The average molecular weight is 250 g/mol. The van der Waals surface area contributed by atoms with Gasteiger partial charge < -0.3 is 9.47 Å². The molecule has 1 atom stereocenters. The largest absolute Gasteiger partial charge is 0.354 e. The van der Waals surface area contributed by atoms with Gasteiger partial charge in [0.15, 0.2) is 6.29 Å². The van der Waals surface area contributed by atoms with Crippen LogP contribution in [0.2, 0.25) is 0 Å². The Labute approximate surface area is 108 Å². The topological polar surface area (TPSA) is 56.5 Å². The zero-order valence-corrected chi connectivity index (χ0v) is 11.1. The summed E-state index contributed by atoms with van der Waals surface area (Å²) in [5.41, 5.74) is 5.36. The highest BCUT2D eigenvalue weighted by molar-refractivity contribution is 5.34. The maximum Gasteiger partial charge on any atom is 0.177 e. The Kier molecular flexibility index (Phi) is 4.72. The summed E-state index contributed by atoms with van der Waals surface area (Å²) in [4.78, 5) is 0. The predicted molar refractivity (Wildman–Crippen MR) is 70.9 cm³/mol. The molecule has 0 heterocycles. The summed E-state index contributed by atoms with van der Waals surface area (Å²) < 4.78 is 10.7. The molecule has 0 bridgehead atoms. The molecule has 0 spiro atoms. The van der Waals surface area contributed by atoms with E-state index in [9.17, 15) is 0 Å². The van der Waals surface area contributed by atoms with E-state index in [1.165, 1.54) is 30.4 Å². The van der Waals surface area contributed by atoms with Crippen LogP contribution in [0.4, 0.5) is 0 Å². The Morgan fingerprint density at radius 1 is 1.22 bits per heavy atom. The van der Waals surface area contributed by atoms with Crippen molar-refractivity contribution in [2.75, 3.05) is 14.2 Å². The van der Waals surface area contributed by atoms with Crippen LogP contribution in [0.25, 0.3) is 0 Å². The Balaban J connectivity index is 2.29. The molecule has 0 amide bonds. The standard InChI is InChI=1S/C14H22N2O2/c1-17-14(18-2)13(16-15)12-9-4-3-8-11(12)10-6-5-7-10/h3-4,8-10,13-14,16H,5-7,15H2,1-2H3. The fraction of sp³-hybridized carbons (Fsp3) is 0.571. The van der Waals surface area contributed by atoms with Gasteiger partial charge in [-0.1, -0.05) is 30.7 Å². The molecule has 0 saturated heterocycles. The van der Waals surface area contributed by atoms with Crippen LogP contribution >= 0.6 is 0 Å². The van der Waals surface area contributed by atoms with Gasteiger partial charge in [0.1, 0.15) is 0 Å². The van der Waals surface area contributed by atoms with Crippen molar-refractivity contribution in [2.45, 2.75) is 37.5 Å². The zero-order valence-electron chi connectivity index (χ0n) is 11.1. The SMILES string of the molecule is COC(OC)C(NN)c1ccccc1C1CCC1. The van der Waals surface area contributed by atoms with Gasteiger partial charge in [-0.05, 0) is 29.9 Å². The molecular formula is C14H22N2O2. The molecule has 1 aliphatic carbocycles. The van der Waals surface area contributed by atoms with Crippen molar-refractivity contribution in [3.8, 4) is 0 Å². The number of hydrogen-bond donors (Lipinski definition) is 2. The number of benzene rings is 1. The molecule has 4 heteroatoms. The molecule has 0 aliphatic heterocycles. The fourth-order valence-corrected chi connectivity index (χ4v) is 2.57. The van der Waals surface area contributed by atoms with Gasteiger partial charge in [0.25, 0.3) is 0 Å². The van der Waals surface area contributed by atoms with Gasteiger partial charge in [-0.3, -0.25) is 5.84 Å². The van der Waals surface area contributed by atoms with Crippen LogP contribution in [-0.4, -0.2) is 20.5 Å². The molecule has 1 aromatic carbocycles. The lowest BCUT2D eigenvalue weighted by atomic mass is 9.77. The van der Waals surface area contributed by atoms with Crippen LogP contribution in [0, 0.1) is 0 Å². The minimum atomic E-state index is -0.378. The molecule has 1 aliphatic rings. The van der Waals surface area contributed by atoms with Crippen molar-refractivity contribution < 1.29 is 9.47 Å². The Hall–Kier alpha value is -0.940. The number of nitrogens with two attached hydrogens (primary N) is 1. The summed E-state index contributed by atoms with van der Waals surface area (Å²) in [6.07, 6.45) is 3.46. The summed E-state index contributed by atoms with van der Waals surface area (Å²) in [7, 11) is 3.26. The summed E-state index contributed by atoms with van der Waals surface area (Å²) in [6.45, 7) is 0. The van der Waals surface area contributed by atoms with E-state index in [0.29, 0.717) is 5.92 Å². The average Bonchev–Trinajstić information content (AvgIpc) is 2.35. The summed E-state index contributed by atoms with van der Waals surface area (Å²) >= 11 is 0. The van der Waals surface area contributed by atoms with Crippen molar-refractivity contribution in [3.05, 3.63) is 35.4 Å². The first-order valence-corrected chi connectivity index (χ1v) is 6.42. The second kappa shape index (κ2) is 6.29. The first-order chi connectivity index (χ1) is 8.81. The van der Waals surface area contributed by atoms with Crippen LogP contribution in [0.15, 0.2) is 24.3 Å². The molecule has 2 rings (SSSR count). The molecule has 0 aromatic heterocycles. The van der Waals surface area contributed by atoms with Gasteiger partial charge in [-0.15, -0.1) is 0 Å². The van der Waals surface area contributed by atoms with E-state index >= 15 is 0 Å². The lowest BCUT2D eigenvalue weighted by molar-refractivity contribution is -0.124. The van der Waals surface area contributed by atoms with E-state index in [2.05, 4.69) is 23.6 Å². The smallest absolute Gasteiger partial charge is 0.177 e. The Bertz CT molecular complexity index is 376. The predicted octanol–water partition coefficient (Wildman–Crippen LogP) is 2.08. The number of hydrazine groups is 1. The third-order valence-corrected chi connectivity index (χ3v) is 3.79. The molecule has 1 unspecified atom stereocenters. The highest BCUT2D eigenvalue weighted by Crippen LogP contribution is 2.40. The zero-order chi connectivity index (χ0) is 13.0. The quantitative estimate of drug-likeness (QED) is 0.461. The number of methoxy groups -OCH3 is 2. The molecule has 0 radical (unpaired) electrons. The van der Waals surface area contributed by atoms with E-state index in [0.717, 1.165) is 0 Å². The number of hydrogen-bond acceptors (Lipinski definition) is 4. The van der Waals surface area contributed by atoms with Crippen molar-refractivity contribution in [2.24, 2.45) is 5.84 Å². The maximum atomic E-state index is 5.68. The number of nitrogens with one attached hydrogen (secondary N) is 1. The fourth-order valence-electron chi connectivity index (χ4n) is 2.57. The minimum absolute atomic E-state index is 0.142. The van der Waals surface area contributed by atoms with Crippen molar-refractivity contribution in [1.29, 1.82) is 0 Å².